The number of anilines is 1. The number of hydrazone groups is 1. The lowest BCUT2D eigenvalue weighted by molar-refractivity contribution is -0.107. The highest BCUT2D eigenvalue weighted by Crippen LogP contribution is 2.08. The van der Waals surface area contributed by atoms with Crippen LogP contribution in [-0.4, -0.2) is 33.1 Å². The summed E-state index contributed by atoms with van der Waals surface area (Å²) < 4.78 is 4.25. The van der Waals surface area contributed by atoms with E-state index in [1.54, 1.807) is 14.2 Å². The van der Waals surface area contributed by atoms with Gasteiger partial charge in [-0.2, -0.15) is 17.7 Å². The number of methoxy groups -OCH3 is 1. The van der Waals surface area contributed by atoms with Crippen LogP contribution in [0.4, 0.5) is 5.69 Å². The van der Waals surface area contributed by atoms with Crippen LogP contribution in [-0.2, 0) is 9.53 Å². The molecule has 5 nitrogen and oxygen atoms in total. The number of thiol groups is 1. The molecule has 0 amide bonds. The second kappa shape index (κ2) is 32.2. The fraction of sp³-hybridized carbons (Fsp3) is 0.619. The zero-order chi connectivity index (χ0) is 21.0. The number of hydrogen-bond acceptors (Lipinski definition) is 6. The van der Waals surface area contributed by atoms with Gasteiger partial charge in [-0.3, -0.25) is 0 Å². The van der Waals surface area contributed by atoms with Crippen LogP contribution in [0.25, 0.3) is 0 Å². The number of nitrogens with two attached hydrogens (primary N) is 1. The second-order valence-electron chi connectivity index (χ2n) is 5.72. The van der Waals surface area contributed by atoms with E-state index < -0.39 is 0 Å². The van der Waals surface area contributed by atoms with Crippen LogP contribution in [0.2, 0.25) is 0 Å². The lowest BCUT2D eigenvalue weighted by Gasteiger charge is -1.98. The summed E-state index contributed by atoms with van der Waals surface area (Å²) in [5.74, 6) is 5.05. The summed E-state index contributed by atoms with van der Waals surface area (Å²) in [7, 11) is 3.25. The first-order chi connectivity index (χ1) is 13.2. The summed E-state index contributed by atoms with van der Waals surface area (Å²) in [6, 6.07) is 9.99. The molecule has 0 radical (unpaired) electrons. The van der Waals surface area contributed by atoms with Crippen molar-refractivity contribution in [3.05, 3.63) is 30.3 Å². The summed E-state index contributed by atoms with van der Waals surface area (Å²) in [6.45, 7) is 5.13. The summed E-state index contributed by atoms with van der Waals surface area (Å²) in [4.78, 5) is 9.98. The number of para-hydroxylation sites is 1. The molecule has 0 unspecified atom stereocenters. The first kappa shape index (κ1) is 30.2. The molecule has 0 spiro atoms. The standard InChI is InChI=1S/C11H22O.C7H9NS.C2H6O.CH4N2/c1-2-3-4-5-6-7-8-9-10-11-12;9-6-8-7-4-2-1-3-5-7;2*1-3-2/h11H,2-10H2,1H3;1-5,8-9H,6H2;1-2H3;1-2H2. The molecule has 1 aromatic carbocycles. The van der Waals surface area contributed by atoms with E-state index in [9.17, 15) is 4.79 Å². The highest BCUT2D eigenvalue weighted by atomic mass is 32.1. The zero-order valence-corrected chi connectivity index (χ0v) is 18.4. The molecule has 0 saturated heterocycles. The first-order valence-corrected chi connectivity index (χ1v) is 10.2. The third-order valence-electron chi connectivity index (χ3n) is 3.23. The quantitative estimate of drug-likeness (QED) is 0.0870. The minimum Gasteiger partial charge on any atom is -0.388 e. The Morgan fingerprint density at radius 1 is 1.07 bits per heavy atom. The molecule has 1 rings (SSSR count). The normalized spacial score (nSPS) is 8.59. The van der Waals surface area contributed by atoms with E-state index in [1.807, 2.05) is 30.3 Å². The van der Waals surface area contributed by atoms with Crippen LogP contribution < -0.4 is 11.2 Å². The van der Waals surface area contributed by atoms with Gasteiger partial charge < -0.3 is 20.7 Å². The van der Waals surface area contributed by atoms with Gasteiger partial charge in [0.15, 0.2) is 0 Å². The number of benzene rings is 1. The molecule has 0 fully saturated rings. The second-order valence-corrected chi connectivity index (χ2v) is 6.04. The fourth-order valence-corrected chi connectivity index (χ4v) is 2.19. The zero-order valence-electron chi connectivity index (χ0n) is 17.5. The maximum Gasteiger partial charge on any atom is 0.119 e. The van der Waals surface area contributed by atoms with Crippen LogP contribution in [0, 0.1) is 0 Å². The Labute approximate surface area is 172 Å². The number of hydrogen-bond donors (Lipinski definition) is 3. The van der Waals surface area contributed by atoms with Crippen LogP contribution in [0.3, 0.4) is 0 Å². The van der Waals surface area contributed by atoms with Gasteiger partial charge in [0.25, 0.3) is 0 Å². The number of rotatable bonds is 11. The lowest BCUT2D eigenvalue weighted by Crippen LogP contribution is -1.92. The van der Waals surface area contributed by atoms with Crippen molar-refractivity contribution in [1.29, 1.82) is 0 Å². The molecular formula is C21H41N3O2S. The molecule has 0 aliphatic carbocycles. The van der Waals surface area contributed by atoms with Crippen LogP contribution in [0.1, 0.15) is 64.7 Å². The topological polar surface area (TPSA) is 76.7 Å². The van der Waals surface area contributed by atoms with Gasteiger partial charge in [0.1, 0.15) is 6.29 Å². The Kier molecular flexibility index (Phi) is 36.0. The average Bonchev–Trinajstić information content (AvgIpc) is 2.67. The van der Waals surface area contributed by atoms with Gasteiger partial charge in [-0.1, -0.05) is 70.1 Å². The minimum absolute atomic E-state index is 0.685. The Hall–Kier alpha value is -1.53. The highest BCUT2D eigenvalue weighted by molar-refractivity contribution is 7.80. The first-order valence-electron chi connectivity index (χ1n) is 9.57. The summed E-state index contributed by atoms with van der Waals surface area (Å²) in [5.41, 5.74) is 1.12. The molecule has 0 aliphatic heterocycles. The van der Waals surface area contributed by atoms with Crippen molar-refractivity contribution in [1.82, 2.24) is 0 Å². The molecule has 6 heteroatoms. The van der Waals surface area contributed by atoms with Gasteiger partial charge in [-0.05, 0) is 18.6 Å². The van der Waals surface area contributed by atoms with Gasteiger partial charge in [0.2, 0.25) is 0 Å². The SMILES string of the molecule is C=NN.CCCCCCCCCCC=O.COC.SCNc1ccccc1. The number of carbonyl (C=O) groups excluding carboxylic acids is 1. The number of aldehydes is 1. The number of nitrogens with zero attached hydrogens (tertiary/aromatic N) is 1. The molecule has 0 aliphatic rings. The van der Waals surface area contributed by atoms with Crippen LogP contribution in [0.15, 0.2) is 35.4 Å². The molecule has 27 heavy (non-hydrogen) atoms. The van der Waals surface area contributed by atoms with Gasteiger partial charge in [0.05, 0.1) is 5.88 Å². The lowest BCUT2D eigenvalue weighted by atomic mass is 10.1. The van der Waals surface area contributed by atoms with Crippen LogP contribution in [0.5, 0.6) is 0 Å². The van der Waals surface area contributed by atoms with E-state index in [-0.39, 0.29) is 0 Å². The van der Waals surface area contributed by atoms with Crippen molar-refractivity contribution in [2.75, 3.05) is 25.4 Å². The molecule has 0 heterocycles. The fourth-order valence-electron chi connectivity index (χ4n) is 2.01. The van der Waals surface area contributed by atoms with E-state index in [0.29, 0.717) is 5.88 Å². The maximum absolute atomic E-state index is 9.98. The smallest absolute Gasteiger partial charge is 0.119 e. The molecule has 0 aromatic heterocycles. The molecular weight excluding hydrogens is 358 g/mol. The summed E-state index contributed by atoms with van der Waals surface area (Å²) in [6.07, 6.45) is 12.3. The number of nitrogens with one attached hydrogen (secondary N) is 1. The van der Waals surface area contributed by atoms with E-state index in [1.165, 1.54) is 44.9 Å². The van der Waals surface area contributed by atoms with Crippen molar-refractivity contribution in [2.45, 2.75) is 64.7 Å². The molecule has 1 aromatic rings. The Morgan fingerprint density at radius 2 is 1.52 bits per heavy atom. The molecule has 0 saturated carbocycles. The van der Waals surface area contributed by atoms with E-state index in [2.05, 4.69) is 47.3 Å². The van der Waals surface area contributed by atoms with Gasteiger partial charge in [0, 0.05) is 33.0 Å². The summed E-state index contributed by atoms with van der Waals surface area (Å²) in [5, 5.41) is 5.82. The number of ether oxygens (including phenoxy) is 1. The van der Waals surface area contributed by atoms with Crippen molar-refractivity contribution in [3.8, 4) is 0 Å². The van der Waals surface area contributed by atoms with E-state index >= 15 is 0 Å². The monoisotopic (exact) mass is 399 g/mol. The van der Waals surface area contributed by atoms with Gasteiger partial charge in [-0.15, -0.1) is 0 Å². The number of unbranched alkanes of at least 4 members (excludes halogenated alkanes) is 8. The molecule has 3 N–H and O–H groups in total. The van der Waals surface area contributed by atoms with Crippen molar-refractivity contribution < 1.29 is 9.53 Å². The van der Waals surface area contributed by atoms with Gasteiger partial charge >= 0.3 is 0 Å². The Morgan fingerprint density at radius 3 is 1.93 bits per heavy atom. The van der Waals surface area contributed by atoms with Crippen molar-refractivity contribution in [3.63, 3.8) is 0 Å². The minimum atomic E-state index is 0.685. The van der Waals surface area contributed by atoms with Crippen molar-refractivity contribution >= 4 is 31.3 Å². The third-order valence-corrected chi connectivity index (χ3v) is 3.39. The largest absolute Gasteiger partial charge is 0.388 e. The predicted octanol–water partition coefficient (Wildman–Crippen LogP) is 5.53. The maximum atomic E-state index is 9.98. The van der Waals surface area contributed by atoms with Crippen molar-refractivity contribution in [2.24, 2.45) is 10.9 Å². The van der Waals surface area contributed by atoms with E-state index in [4.69, 9.17) is 0 Å². The Bertz CT molecular complexity index is 379. The molecule has 158 valence electrons. The van der Waals surface area contributed by atoms with Crippen LogP contribution >= 0.6 is 12.6 Å². The average molecular weight is 400 g/mol. The predicted molar refractivity (Wildman–Crippen MR) is 124 cm³/mol. The number of carbonyl (C=O) groups is 1. The Balaban J connectivity index is -0.000000336. The van der Waals surface area contributed by atoms with E-state index in [0.717, 1.165) is 24.8 Å². The van der Waals surface area contributed by atoms with Gasteiger partial charge in [-0.25, -0.2) is 0 Å². The molecule has 0 atom stereocenters. The summed E-state index contributed by atoms with van der Waals surface area (Å²) >= 11 is 4.02. The molecule has 0 bridgehead atoms. The third kappa shape index (κ3) is 36.2. The highest BCUT2D eigenvalue weighted by Gasteiger charge is 1.90.